The molecule has 7 heteroatoms. The monoisotopic (exact) mass is 494 g/mol. The van der Waals surface area contributed by atoms with Gasteiger partial charge < -0.3 is 20.0 Å². The van der Waals surface area contributed by atoms with E-state index in [2.05, 4.69) is 74.3 Å². The van der Waals surface area contributed by atoms with Crippen molar-refractivity contribution in [3.8, 4) is 0 Å². The Balaban J connectivity index is 0.00000280. The molecule has 0 bridgehead atoms. The Kier molecular flexibility index (Phi) is 8.82. The first-order chi connectivity index (χ1) is 13.2. The summed E-state index contributed by atoms with van der Waals surface area (Å²) in [5.41, 5.74) is 1.23. The molecule has 1 aliphatic heterocycles. The number of aliphatic imine (C=N–C) groups is 1. The lowest BCUT2D eigenvalue weighted by Crippen LogP contribution is -2.54. The highest BCUT2D eigenvalue weighted by molar-refractivity contribution is 14.0. The van der Waals surface area contributed by atoms with Gasteiger partial charge >= 0.3 is 0 Å². The third kappa shape index (κ3) is 5.73. The van der Waals surface area contributed by atoms with Crippen LogP contribution in [0.5, 0.6) is 0 Å². The first kappa shape index (κ1) is 22.3. The van der Waals surface area contributed by atoms with Crippen LogP contribution in [-0.2, 0) is 0 Å². The van der Waals surface area contributed by atoms with Gasteiger partial charge in [0.1, 0.15) is 5.82 Å². The molecule has 3 rings (SSSR count). The Labute approximate surface area is 185 Å². The van der Waals surface area contributed by atoms with Crippen LogP contribution in [0.3, 0.4) is 0 Å². The number of hydrogen-bond donors (Lipinski definition) is 1. The van der Waals surface area contributed by atoms with E-state index in [0.717, 1.165) is 44.5 Å². The van der Waals surface area contributed by atoms with E-state index in [1.165, 1.54) is 5.69 Å². The summed E-state index contributed by atoms with van der Waals surface area (Å²) in [5.74, 6) is 2.03. The van der Waals surface area contributed by atoms with E-state index >= 15 is 0 Å². The molecule has 1 unspecified atom stereocenters. The number of rotatable bonds is 5. The molecule has 1 aromatic heterocycles. The predicted molar refractivity (Wildman–Crippen MR) is 129 cm³/mol. The quantitative estimate of drug-likeness (QED) is 0.394. The van der Waals surface area contributed by atoms with Crippen LogP contribution in [0.25, 0.3) is 0 Å². The van der Waals surface area contributed by atoms with Crippen LogP contribution >= 0.6 is 24.0 Å². The lowest BCUT2D eigenvalue weighted by atomic mass is 10.2. The second-order valence-corrected chi connectivity index (χ2v) is 6.89. The number of nitrogens with one attached hydrogen (secondary N) is 1. The van der Waals surface area contributed by atoms with Gasteiger partial charge in [-0.3, -0.25) is 4.99 Å². The van der Waals surface area contributed by atoms with Crippen molar-refractivity contribution < 1.29 is 0 Å². The lowest BCUT2D eigenvalue weighted by Gasteiger charge is -2.37. The molecule has 1 aliphatic rings. The second kappa shape index (κ2) is 11.1. The maximum Gasteiger partial charge on any atom is 0.193 e. The summed E-state index contributed by atoms with van der Waals surface area (Å²) >= 11 is 0. The molecular formula is C21H31IN6. The average molecular weight is 494 g/mol. The van der Waals surface area contributed by atoms with Crippen molar-refractivity contribution in [2.75, 3.05) is 56.6 Å². The molecule has 1 N–H and O–H groups in total. The molecule has 1 aromatic carbocycles. The minimum absolute atomic E-state index is 0. The summed E-state index contributed by atoms with van der Waals surface area (Å²) in [6, 6.07) is 16.9. The fraction of sp³-hybridized carbons (Fsp3) is 0.429. The van der Waals surface area contributed by atoms with Crippen LogP contribution in [0.15, 0.2) is 59.7 Å². The van der Waals surface area contributed by atoms with Crippen LogP contribution in [0, 0.1) is 0 Å². The van der Waals surface area contributed by atoms with Gasteiger partial charge in [-0.1, -0.05) is 24.3 Å². The van der Waals surface area contributed by atoms with Gasteiger partial charge in [-0.15, -0.1) is 24.0 Å². The Morgan fingerprint density at radius 3 is 2.39 bits per heavy atom. The van der Waals surface area contributed by atoms with Crippen LogP contribution in [-0.4, -0.2) is 68.7 Å². The zero-order valence-corrected chi connectivity index (χ0v) is 19.3. The number of halogens is 1. The normalized spacial score (nSPS) is 15.6. The van der Waals surface area contributed by atoms with E-state index in [1.54, 1.807) is 0 Å². The maximum atomic E-state index is 4.49. The molecule has 6 nitrogen and oxygen atoms in total. The van der Waals surface area contributed by atoms with Crippen molar-refractivity contribution >= 4 is 41.4 Å². The number of guanidine groups is 1. The average Bonchev–Trinajstić information content (AvgIpc) is 2.75. The molecule has 28 heavy (non-hydrogen) atoms. The summed E-state index contributed by atoms with van der Waals surface area (Å²) in [5, 5.41) is 3.54. The van der Waals surface area contributed by atoms with Gasteiger partial charge in [-0.25, -0.2) is 4.98 Å². The van der Waals surface area contributed by atoms with E-state index in [9.17, 15) is 0 Å². The van der Waals surface area contributed by atoms with Gasteiger partial charge in [0.25, 0.3) is 0 Å². The van der Waals surface area contributed by atoms with Gasteiger partial charge in [0.15, 0.2) is 5.96 Å². The minimum Gasteiger partial charge on any atom is -0.370 e. The standard InChI is InChI=1S/C21H30N6.HI/c1-18(25(3)19-9-5-4-6-10-19)17-24-21(22-2)27-15-13-26(14-16-27)20-11-7-8-12-23-20;/h4-12,18H,13-17H2,1-3H3,(H,22,24);1H. The molecule has 0 radical (unpaired) electrons. The number of para-hydroxylation sites is 1. The summed E-state index contributed by atoms with van der Waals surface area (Å²) in [6.45, 7) is 6.87. The molecule has 2 aromatic rings. The number of benzene rings is 1. The first-order valence-electron chi connectivity index (χ1n) is 9.58. The molecule has 0 amide bonds. The van der Waals surface area contributed by atoms with E-state index in [1.807, 2.05) is 31.4 Å². The highest BCUT2D eigenvalue weighted by Crippen LogP contribution is 2.14. The van der Waals surface area contributed by atoms with Gasteiger partial charge in [-0.2, -0.15) is 0 Å². The molecule has 1 fully saturated rings. The molecular weight excluding hydrogens is 463 g/mol. The van der Waals surface area contributed by atoms with Crippen molar-refractivity contribution in [2.24, 2.45) is 4.99 Å². The minimum atomic E-state index is 0. The number of pyridine rings is 1. The fourth-order valence-corrected chi connectivity index (χ4v) is 3.31. The Hall–Kier alpha value is -2.03. The van der Waals surface area contributed by atoms with Gasteiger partial charge in [0, 0.05) is 64.7 Å². The SMILES string of the molecule is CN=C(NCC(C)N(C)c1ccccc1)N1CCN(c2ccccn2)CC1.I. The van der Waals surface area contributed by atoms with Crippen molar-refractivity contribution in [1.29, 1.82) is 0 Å². The number of anilines is 2. The zero-order valence-electron chi connectivity index (χ0n) is 17.0. The summed E-state index contributed by atoms with van der Waals surface area (Å²) < 4.78 is 0. The van der Waals surface area contributed by atoms with E-state index in [0.29, 0.717) is 6.04 Å². The number of likely N-dealkylation sites (N-methyl/N-ethyl adjacent to an activating group) is 1. The number of nitrogens with zero attached hydrogens (tertiary/aromatic N) is 5. The molecule has 0 aliphatic carbocycles. The first-order valence-corrected chi connectivity index (χ1v) is 9.58. The van der Waals surface area contributed by atoms with Crippen LogP contribution in [0.1, 0.15) is 6.92 Å². The second-order valence-electron chi connectivity index (χ2n) is 6.89. The van der Waals surface area contributed by atoms with Gasteiger partial charge in [0.2, 0.25) is 0 Å². The fourth-order valence-electron chi connectivity index (χ4n) is 3.31. The van der Waals surface area contributed by atoms with E-state index < -0.39 is 0 Å². The smallest absolute Gasteiger partial charge is 0.193 e. The van der Waals surface area contributed by atoms with Crippen LogP contribution < -0.4 is 15.1 Å². The van der Waals surface area contributed by atoms with Crippen LogP contribution in [0.4, 0.5) is 11.5 Å². The predicted octanol–water partition coefficient (Wildman–Crippen LogP) is 2.92. The number of piperazine rings is 1. The Bertz CT molecular complexity index is 716. The topological polar surface area (TPSA) is 47.0 Å². The van der Waals surface area contributed by atoms with Crippen LogP contribution in [0.2, 0.25) is 0 Å². The molecule has 0 saturated carbocycles. The number of hydrogen-bond acceptors (Lipinski definition) is 4. The number of aromatic nitrogens is 1. The summed E-state index contributed by atoms with van der Waals surface area (Å²) in [7, 11) is 4.00. The van der Waals surface area contributed by atoms with Gasteiger partial charge in [-0.05, 0) is 31.2 Å². The van der Waals surface area contributed by atoms with Crippen molar-refractivity contribution in [1.82, 2.24) is 15.2 Å². The van der Waals surface area contributed by atoms with E-state index in [4.69, 9.17) is 0 Å². The zero-order chi connectivity index (χ0) is 19.1. The maximum absolute atomic E-state index is 4.49. The van der Waals surface area contributed by atoms with Crippen molar-refractivity contribution in [3.63, 3.8) is 0 Å². The third-order valence-electron chi connectivity index (χ3n) is 5.14. The summed E-state index contributed by atoms with van der Waals surface area (Å²) in [6.07, 6.45) is 1.85. The van der Waals surface area contributed by atoms with Gasteiger partial charge in [0.05, 0.1) is 0 Å². The Morgan fingerprint density at radius 2 is 1.79 bits per heavy atom. The van der Waals surface area contributed by atoms with Crippen molar-refractivity contribution in [3.05, 3.63) is 54.7 Å². The third-order valence-corrected chi connectivity index (χ3v) is 5.14. The van der Waals surface area contributed by atoms with E-state index in [-0.39, 0.29) is 24.0 Å². The molecule has 152 valence electrons. The Morgan fingerprint density at radius 1 is 1.11 bits per heavy atom. The highest BCUT2D eigenvalue weighted by atomic mass is 127. The van der Waals surface area contributed by atoms with Crippen molar-refractivity contribution in [2.45, 2.75) is 13.0 Å². The molecule has 1 saturated heterocycles. The lowest BCUT2D eigenvalue weighted by molar-refractivity contribution is 0.370. The molecule has 1 atom stereocenters. The highest BCUT2D eigenvalue weighted by Gasteiger charge is 2.21. The summed E-state index contributed by atoms with van der Waals surface area (Å²) in [4.78, 5) is 15.9. The molecule has 0 spiro atoms. The largest absolute Gasteiger partial charge is 0.370 e. The molecule has 2 heterocycles.